The van der Waals surface area contributed by atoms with Crippen molar-refractivity contribution in [2.75, 3.05) is 11.9 Å². The van der Waals surface area contributed by atoms with Crippen LogP contribution >= 0.6 is 11.3 Å². The molecule has 0 aliphatic rings. The Bertz CT molecular complexity index is 1310. The average Bonchev–Trinajstić information content (AvgIpc) is 3.38. The van der Waals surface area contributed by atoms with Crippen LogP contribution in [0.4, 0.5) is 5.13 Å². The number of aromatic nitrogens is 2. The average molecular weight is 599 g/mol. The zero-order chi connectivity index (χ0) is 29.7. The standard InChI is InChI=1S/C32H46N4O3S2/c1-4-5-6-7-8-9-10-11-12-13-14-15-18-28(26-20-22-27(23-21-26)29-19-16-17-24-34-29)30(37)36(3)32-35-25(2)31(40-32)41(33,38)39/h16-17,19-24,28H,4-15,18H2,1-3H3,(H2,33,38,39). The van der Waals surface area contributed by atoms with Crippen LogP contribution in [0.1, 0.15) is 108 Å². The van der Waals surface area contributed by atoms with Crippen molar-refractivity contribution in [1.29, 1.82) is 0 Å². The molecular formula is C32H46N4O3S2. The number of sulfonamides is 1. The molecule has 0 spiro atoms. The third kappa shape index (κ3) is 10.3. The lowest BCUT2D eigenvalue weighted by Gasteiger charge is -2.23. The summed E-state index contributed by atoms with van der Waals surface area (Å²) in [4.78, 5) is 24.1. The number of primary sulfonamides is 1. The van der Waals surface area contributed by atoms with Gasteiger partial charge in [0.05, 0.1) is 17.3 Å². The minimum atomic E-state index is -3.90. The Kier molecular flexibility index (Phi) is 13.4. The number of nitrogens with zero attached hydrogens (tertiary/aromatic N) is 3. The molecule has 1 aromatic carbocycles. The van der Waals surface area contributed by atoms with Gasteiger partial charge >= 0.3 is 0 Å². The van der Waals surface area contributed by atoms with E-state index in [1.807, 2.05) is 42.5 Å². The molecule has 3 aromatic rings. The Labute approximate surface area is 250 Å². The van der Waals surface area contributed by atoms with Crippen LogP contribution in [0.15, 0.2) is 52.9 Å². The Morgan fingerprint density at radius 2 is 1.49 bits per heavy atom. The van der Waals surface area contributed by atoms with Gasteiger partial charge in [0.1, 0.15) is 0 Å². The molecule has 2 heterocycles. The van der Waals surface area contributed by atoms with Gasteiger partial charge in [-0.2, -0.15) is 0 Å². The molecule has 0 bridgehead atoms. The predicted octanol–water partition coefficient (Wildman–Crippen LogP) is 8.00. The second-order valence-electron chi connectivity index (χ2n) is 10.9. The number of rotatable bonds is 18. The van der Waals surface area contributed by atoms with Crippen molar-refractivity contribution in [2.24, 2.45) is 5.14 Å². The van der Waals surface area contributed by atoms with Crippen LogP contribution < -0.4 is 10.0 Å². The highest BCUT2D eigenvalue weighted by molar-refractivity contribution is 7.91. The van der Waals surface area contributed by atoms with Gasteiger partial charge in [0.2, 0.25) is 15.9 Å². The lowest BCUT2D eigenvalue weighted by molar-refractivity contribution is -0.119. The van der Waals surface area contributed by atoms with E-state index in [9.17, 15) is 13.2 Å². The highest BCUT2D eigenvalue weighted by Gasteiger charge is 2.28. The van der Waals surface area contributed by atoms with Crippen molar-refractivity contribution < 1.29 is 13.2 Å². The van der Waals surface area contributed by atoms with Crippen LogP contribution in [0.2, 0.25) is 0 Å². The number of thiazole rings is 1. The molecule has 0 aliphatic heterocycles. The SMILES string of the molecule is CCCCCCCCCCCCCCC(C(=O)N(C)c1nc(C)c(S(N)(=O)=O)s1)c1ccc(-c2ccccn2)cc1. The van der Waals surface area contributed by atoms with E-state index in [0.717, 1.165) is 47.4 Å². The number of hydrogen-bond donors (Lipinski definition) is 1. The normalized spacial score (nSPS) is 12.4. The second-order valence-corrected chi connectivity index (χ2v) is 13.6. The lowest BCUT2D eigenvalue weighted by atomic mass is 9.90. The Hall–Kier alpha value is -2.62. The molecule has 2 aromatic heterocycles. The molecule has 0 saturated carbocycles. The monoisotopic (exact) mass is 598 g/mol. The van der Waals surface area contributed by atoms with Gasteiger partial charge in [0.25, 0.3) is 0 Å². The van der Waals surface area contributed by atoms with Gasteiger partial charge in [-0.1, -0.05) is 126 Å². The lowest BCUT2D eigenvalue weighted by Crippen LogP contribution is -2.31. The Balaban J connectivity index is 1.62. The van der Waals surface area contributed by atoms with Crippen LogP contribution in [0.5, 0.6) is 0 Å². The summed E-state index contributed by atoms with van der Waals surface area (Å²) < 4.78 is 23.9. The zero-order valence-electron chi connectivity index (χ0n) is 24.8. The highest BCUT2D eigenvalue weighted by Crippen LogP contribution is 2.33. The van der Waals surface area contributed by atoms with Gasteiger partial charge in [0.15, 0.2) is 9.34 Å². The van der Waals surface area contributed by atoms with E-state index in [2.05, 4.69) is 16.9 Å². The summed E-state index contributed by atoms with van der Waals surface area (Å²) in [6, 6.07) is 13.8. The van der Waals surface area contributed by atoms with Gasteiger partial charge in [-0.25, -0.2) is 18.5 Å². The van der Waals surface area contributed by atoms with E-state index in [1.165, 1.54) is 69.1 Å². The van der Waals surface area contributed by atoms with E-state index in [0.29, 0.717) is 10.8 Å². The van der Waals surface area contributed by atoms with E-state index < -0.39 is 10.0 Å². The molecule has 1 amide bonds. The molecule has 0 fully saturated rings. The van der Waals surface area contributed by atoms with Gasteiger partial charge in [-0.3, -0.25) is 14.7 Å². The number of carbonyl (C=O) groups is 1. The number of anilines is 1. The molecule has 0 aliphatic carbocycles. The molecule has 9 heteroatoms. The highest BCUT2D eigenvalue weighted by atomic mass is 32.2. The third-order valence-electron chi connectivity index (χ3n) is 7.54. The number of hydrogen-bond acceptors (Lipinski definition) is 6. The topological polar surface area (TPSA) is 106 Å². The first kappa shape index (κ1) is 32.9. The predicted molar refractivity (Wildman–Crippen MR) is 170 cm³/mol. The molecule has 0 radical (unpaired) electrons. The summed E-state index contributed by atoms with van der Waals surface area (Å²) in [5.74, 6) is -0.462. The van der Waals surface area contributed by atoms with E-state index in [1.54, 1.807) is 20.2 Å². The van der Waals surface area contributed by atoms with Crippen molar-refractivity contribution in [3.8, 4) is 11.3 Å². The number of aryl methyl sites for hydroxylation is 1. The van der Waals surface area contributed by atoms with E-state index >= 15 is 0 Å². The van der Waals surface area contributed by atoms with Gasteiger partial charge < -0.3 is 0 Å². The quantitative estimate of drug-likeness (QED) is 0.149. The van der Waals surface area contributed by atoms with Crippen LogP contribution in [-0.2, 0) is 14.8 Å². The van der Waals surface area contributed by atoms with Crippen molar-refractivity contribution in [3.05, 3.63) is 59.9 Å². The van der Waals surface area contributed by atoms with Crippen molar-refractivity contribution in [3.63, 3.8) is 0 Å². The molecule has 1 unspecified atom stereocenters. The van der Waals surface area contributed by atoms with Crippen molar-refractivity contribution >= 4 is 32.4 Å². The van der Waals surface area contributed by atoms with Gasteiger partial charge in [-0.05, 0) is 31.0 Å². The number of nitrogens with two attached hydrogens (primary N) is 1. The van der Waals surface area contributed by atoms with E-state index in [4.69, 9.17) is 5.14 Å². The summed E-state index contributed by atoms with van der Waals surface area (Å²) in [6.07, 6.45) is 17.6. The summed E-state index contributed by atoms with van der Waals surface area (Å²) in [5.41, 5.74) is 3.12. The first-order valence-corrected chi connectivity index (χ1v) is 17.4. The molecule has 7 nitrogen and oxygen atoms in total. The summed E-state index contributed by atoms with van der Waals surface area (Å²) in [5, 5.41) is 5.69. The van der Waals surface area contributed by atoms with Crippen LogP contribution in [0.3, 0.4) is 0 Å². The van der Waals surface area contributed by atoms with Crippen LogP contribution in [0, 0.1) is 6.92 Å². The Morgan fingerprint density at radius 1 is 0.902 bits per heavy atom. The number of carbonyl (C=O) groups excluding carboxylic acids is 1. The molecular weight excluding hydrogens is 553 g/mol. The van der Waals surface area contributed by atoms with Crippen LogP contribution in [-0.4, -0.2) is 31.3 Å². The smallest absolute Gasteiger partial charge is 0.249 e. The maximum absolute atomic E-state index is 13.8. The summed E-state index contributed by atoms with van der Waals surface area (Å²) in [6.45, 7) is 3.85. The Morgan fingerprint density at radius 3 is 2.00 bits per heavy atom. The zero-order valence-corrected chi connectivity index (χ0v) is 26.5. The minimum absolute atomic E-state index is 0.00984. The molecule has 0 saturated heterocycles. The number of unbranched alkanes of at least 4 members (excludes halogenated alkanes) is 11. The summed E-state index contributed by atoms with van der Waals surface area (Å²) in [7, 11) is -2.24. The molecule has 1 atom stereocenters. The van der Waals surface area contributed by atoms with Gasteiger partial charge in [0, 0.05) is 18.8 Å². The third-order valence-corrected chi connectivity index (χ3v) is 10.3. The second kappa shape index (κ2) is 16.7. The first-order chi connectivity index (χ1) is 19.7. The number of likely N-dealkylation sites (N-methyl/N-ethyl adjacent to an activating group) is 1. The number of pyridine rings is 1. The fraction of sp³-hybridized carbons (Fsp3) is 0.531. The van der Waals surface area contributed by atoms with E-state index in [-0.39, 0.29) is 16.0 Å². The van der Waals surface area contributed by atoms with Crippen molar-refractivity contribution in [1.82, 2.24) is 9.97 Å². The number of amides is 1. The van der Waals surface area contributed by atoms with Crippen LogP contribution in [0.25, 0.3) is 11.3 Å². The molecule has 3 rings (SSSR count). The fourth-order valence-corrected chi connectivity index (χ4v) is 7.06. The van der Waals surface area contributed by atoms with Gasteiger partial charge in [-0.15, -0.1) is 0 Å². The molecule has 2 N–H and O–H groups in total. The maximum atomic E-state index is 13.8. The maximum Gasteiger partial charge on any atom is 0.249 e. The molecule has 41 heavy (non-hydrogen) atoms. The molecule has 224 valence electrons. The summed E-state index contributed by atoms with van der Waals surface area (Å²) >= 11 is 0.935. The largest absolute Gasteiger partial charge is 0.291 e. The minimum Gasteiger partial charge on any atom is -0.291 e. The van der Waals surface area contributed by atoms with Crippen molar-refractivity contribution in [2.45, 2.75) is 107 Å². The first-order valence-electron chi connectivity index (χ1n) is 15.0. The number of benzene rings is 1. The fourth-order valence-electron chi connectivity index (χ4n) is 5.15.